The largest absolute Gasteiger partial charge is 0.296 e. The first-order chi connectivity index (χ1) is 9.83. The van der Waals surface area contributed by atoms with Crippen molar-refractivity contribution < 1.29 is 4.79 Å². The van der Waals surface area contributed by atoms with E-state index in [1.807, 2.05) is 32.0 Å². The number of aromatic nitrogens is 2. The summed E-state index contributed by atoms with van der Waals surface area (Å²) in [6.07, 6.45) is 0.979. The van der Waals surface area contributed by atoms with E-state index in [1.54, 1.807) is 0 Å². The van der Waals surface area contributed by atoms with Crippen LogP contribution in [0.4, 0.5) is 5.13 Å². The molecule has 1 aromatic heterocycles. The Hall–Kier alpha value is -1.75. The van der Waals surface area contributed by atoms with E-state index in [-0.39, 0.29) is 11.3 Å². The normalized spacial score (nSPS) is 11.5. The Morgan fingerprint density at radius 1 is 1.24 bits per heavy atom. The summed E-state index contributed by atoms with van der Waals surface area (Å²) in [5.41, 5.74) is 2.91. The highest BCUT2D eigenvalue weighted by Gasteiger charge is 2.23. The molecule has 0 unspecified atom stereocenters. The van der Waals surface area contributed by atoms with Crippen LogP contribution in [-0.4, -0.2) is 16.1 Å². The van der Waals surface area contributed by atoms with E-state index in [2.05, 4.69) is 36.3 Å². The molecule has 0 saturated carbocycles. The van der Waals surface area contributed by atoms with Crippen LogP contribution in [0.1, 0.15) is 53.7 Å². The van der Waals surface area contributed by atoms with Crippen molar-refractivity contribution in [3.63, 3.8) is 0 Å². The Morgan fingerprint density at radius 2 is 1.95 bits per heavy atom. The summed E-state index contributed by atoms with van der Waals surface area (Å²) in [6.45, 7) is 10.4. The maximum atomic E-state index is 12.2. The maximum Gasteiger partial charge on any atom is 0.257 e. The summed E-state index contributed by atoms with van der Waals surface area (Å²) in [7, 11) is 0. The molecule has 0 atom stereocenters. The van der Waals surface area contributed by atoms with E-state index in [0.717, 1.165) is 17.0 Å². The van der Waals surface area contributed by atoms with Crippen LogP contribution in [0.5, 0.6) is 0 Å². The molecule has 21 heavy (non-hydrogen) atoms. The van der Waals surface area contributed by atoms with Gasteiger partial charge in [-0.15, -0.1) is 10.2 Å². The lowest BCUT2D eigenvalue weighted by molar-refractivity contribution is 0.102. The number of hydrogen-bond donors (Lipinski definition) is 1. The topological polar surface area (TPSA) is 54.9 Å². The third kappa shape index (κ3) is 3.47. The lowest BCUT2D eigenvalue weighted by atomic mass is 9.91. The zero-order valence-electron chi connectivity index (χ0n) is 13.2. The van der Waals surface area contributed by atoms with Crippen LogP contribution in [0.25, 0.3) is 0 Å². The van der Waals surface area contributed by atoms with E-state index in [1.165, 1.54) is 16.9 Å². The summed E-state index contributed by atoms with van der Waals surface area (Å²) in [5, 5.41) is 12.6. The molecule has 5 heteroatoms. The molecular formula is C16H21N3OS. The molecule has 0 aliphatic rings. The lowest BCUT2D eigenvalue weighted by Gasteiger charge is -2.17. The predicted octanol–water partition coefficient (Wildman–Crippen LogP) is 4.09. The molecule has 0 saturated heterocycles. The van der Waals surface area contributed by atoms with Gasteiger partial charge in [-0.3, -0.25) is 10.1 Å². The van der Waals surface area contributed by atoms with Crippen molar-refractivity contribution >= 4 is 22.4 Å². The molecule has 0 aliphatic carbocycles. The Kier molecular flexibility index (Phi) is 4.42. The van der Waals surface area contributed by atoms with Crippen LogP contribution in [0.2, 0.25) is 0 Å². The lowest BCUT2D eigenvalue weighted by Crippen LogP contribution is -2.14. The first-order valence-corrected chi connectivity index (χ1v) is 7.87. The summed E-state index contributed by atoms with van der Waals surface area (Å²) in [6, 6.07) is 5.67. The monoisotopic (exact) mass is 303 g/mol. The smallest absolute Gasteiger partial charge is 0.257 e. The van der Waals surface area contributed by atoms with Crippen LogP contribution >= 0.6 is 11.3 Å². The molecule has 1 heterocycles. The molecule has 0 aliphatic heterocycles. The molecule has 112 valence electrons. The van der Waals surface area contributed by atoms with Crippen molar-refractivity contribution in [2.45, 2.75) is 46.5 Å². The Morgan fingerprint density at radius 3 is 2.57 bits per heavy atom. The first-order valence-electron chi connectivity index (χ1n) is 7.06. The number of carbonyl (C=O) groups is 1. The number of nitrogens with one attached hydrogen (secondary N) is 1. The van der Waals surface area contributed by atoms with Gasteiger partial charge in [-0.25, -0.2) is 0 Å². The molecule has 0 spiro atoms. The average molecular weight is 303 g/mol. The van der Waals surface area contributed by atoms with Crippen molar-refractivity contribution in [3.05, 3.63) is 39.9 Å². The summed E-state index contributed by atoms with van der Waals surface area (Å²) in [5.74, 6) is -0.143. The van der Waals surface area contributed by atoms with Crippen LogP contribution in [0.3, 0.4) is 0 Å². The van der Waals surface area contributed by atoms with Crippen molar-refractivity contribution in [2.75, 3.05) is 5.32 Å². The van der Waals surface area contributed by atoms with Gasteiger partial charge in [-0.2, -0.15) is 0 Å². The van der Waals surface area contributed by atoms with Gasteiger partial charge in [0.2, 0.25) is 5.13 Å². The molecular weight excluding hydrogens is 282 g/mol. The number of nitrogens with zero attached hydrogens (tertiary/aromatic N) is 2. The van der Waals surface area contributed by atoms with Gasteiger partial charge in [0.1, 0.15) is 5.01 Å². The van der Waals surface area contributed by atoms with Crippen molar-refractivity contribution in [3.8, 4) is 0 Å². The van der Waals surface area contributed by atoms with E-state index < -0.39 is 0 Å². The van der Waals surface area contributed by atoms with Gasteiger partial charge in [0.05, 0.1) is 0 Å². The summed E-state index contributed by atoms with van der Waals surface area (Å²) >= 11 is 1.44. The zero-order chi connectivity index (χ0) is 15.6. The SMILES string of the molecule is CCC(C)(C)c1nnc(NC(=O)c2ccc(C)c(C)c2)s1. The molecule has 0 radical (unpaired) electrons. The standard InChI is InChI=1S/C16H21N3OS/c1-6-16(4,5)14-18-19-15(21-14)17-13(20)12-8-7-10(2)11(3)9-12/h7-9H,6H2,1-5H3,(H,17,19,20). The minimum Gasteiger partial charge on any atom is -0.296 e. The zero-order valence-corrected chi connectivity index (χ0v) is 14.0. The van der Waals surface area contributed by atoms with Gasteiger partial charge in [0, 0.05) is 11.0 Å². The first kappa shape index (κ1) is 15.6. The molecule has 2 aromatic rings. The highest BCUT2D eigenvalue weighted by molar-refractivity contribution is 7.15. The number of amides is 1. The summed E-state index contributed by atoms with van der Waals surface area (Å²) < 4.78 is 0. The fourth-order valence-electron chi connectivity index (χ4n) is 1.75. The van der Waals surface area contributed by atoms with Gasteiger partial charge in [-0.05, 0) is 43.5 Å². The van der Waals surface area contributed by atoms with Crippen LogP contribution in [0.15, 0.2) is 18.2 Å². The van der Waals surface area contributed by atoms with Gasteiger partial charge >= 0.3 is 0 Å². The van der Waals surface area contributed by atoms with Crippen molar-refractivity contribution in [1.29, 1.82) is 0 Å². The van der Waals surface area contributed by atoms with E-state index >= 15 is 0 Å². The van der Waals surface area contributed by atoms with Crippen molar-refractivity contribution in [1.82, 2.24) is 10.2 Å². The fourth-order valence-corrected chi connectivity index (χ4v) is 2.66. The summed E-state index contributed by atoms with van der Waals surface area (Å²) in [4.78, 5) is 12.2. The minimum atomic E-state index is -0.143. The number of benzene rings is 1. The van der Waals surface area contributed by atoms with Gasteiger partial charge in [0.15, 0.2) is 0 Å². The van der Waals surface area contributed by atoms with Crippen LogP contribution in [-0.2, 0) is 5.41 Å². The highest BCUT2D eigenvalue weighted by atomic mass is 32.1. The Balaban J connectivity index is 2.15. The number of carbonyl (C=O) groups excluding carboxylic acids is 1. The van der Waals surface area contributed by atoms with E-state index in [9.17, 15) is 4.79 Å². The van der Waals surface area contributed by atoms with E-state index in [4.69, 9.17) is 0 Å². The molecule has 1 amide bonds. The molecule has 0 fully saturated rings. The predicted molar refractivity (Wildman–Crippen MR) is 87.1 cm³/mol. The Bertz CT molecular complexity index is 661. The van der Waals surface area contributed by atoms with Gasteiger partial charge < -0.3 is 0 Å². The van der Waals surface area contributed by atoms with Gasteiger partial charge in [-0.1, -0.05) is 38.2 Å². The molecule has 2 rings (SSSR count). The molecule has 4 nitrogen and oxygen atoms in total. The molecule has 1 aromatic carbocycles. The second-order valence-corrected chi connectivity index (χ2v) is 6.88. The number of aryl methyl sites for hydroxylation is 2. The van der Waals surface area contributed by atoms with Crippen LogP contribution in [0, 0.1) is 13.8 Å². The molecule has 0 bridgehead atoms. The van der Waals surface area contributed by atoms with E-state index in [0.29, 0.717) is 10.7 Å². The second kappa shape index (κ2) is 5.93. The highest BCUT2D eigenvalue weighted by Crippen LogP contribution is 2.31. The maximum absolute atomic E-state index is 12.2. The number of rotatable bonds is 4. The fraction of sp³-hybridized carbons (Fsp3) is 0.438. The third-order valence-corrected chi connectivity index (χ3v) is 5.08. The van der Waals surface area contributed by atoms with Gasteiger partial charge in [0.25, 0.3) is 5.91 Å². The third-order valence-electron chi connectivity index (χ3n) is 3.88. The Labute approximate surface area is 129 Å². The average Bonchev–Trinajstić information content (AvgIpc) is 2.91. The quantitative estimate of drug-likeness (QED) is 0.925. The number of hydrogen-bond acceptors (Lipinski definition) is 4. The van der Waals surface area contributed by atoms with Crippen LogP contribution < -0.4 is 5.32 Å². The second-order valence-electron chi connectivity index (χ2n) is 5.90. The van der Waals surface area contributed by atoms with Crippen molar-refractivity contribution in [2.24, 2.45) is 0 Å². The molecule has 1 N–H and O–H groups in total. The number of anilines is 1. The minimum absolute atomic E-state index is 0.0128.